The van der Waals surface area contributed by atoms with Crippen molar-refractivity contribution >= 4 is 0 Å². The van der Waals surface area contributed by atoms with Crippen molar-refractivity contribution in [3.8, 4) is 6.07 Å². The van der Waals surface area contributed by atoms with Gasteiger partial charge in [0.2, 0.25) is 0 Å². The molecule has 0 saturated carbocycles. The number of piperazine rings is 1. The lowest BCUT2D eigenvalue weighted by Crippen LogP contribution is -2.55. The van der Waals surface area contributed by atoms with Gasteiger partial charge in [0.05, 0.1) is 6.07 Å². The van der Waals surface area contributed by atoms with Crippen LogP contribution in [0.3, 0.4) is 0 Å². The van der Waals surface area contributed by atoms with Crippen molar-refractivity contribution in [3.05, 3.63) is 35.9 Å². The summed E-state index contributed by atoms with van der Waals surface area (Å²) in [4.78, 5) is 4.89. The number of nitriles is 1. The highest BCUT2D eigenvalue weighted by Gasteiger charge is 2.34. The molecule has 0 aromatic heterocycles. The number of nitrogens with zero attached hydrogens (tertiary/aromatic N) is 3. The van der Waals surface area contributed by atoms with E-state index in [1.54, 1.807) is 0 Å². The van der Waals surface area contributed by atoms with Crippen LogP contribution in [0.4, 0.5) is 0 Å². The molecule has 114 valence electrons. The van der Waals surface area contributed by atoms with Crippen LogP contribution in [0.25, 0.3) is 0 Å². The molecule has 1 fully saturated rings. The summed E-state index contributed by atoms with van der Waals surface area (Å²) in [6, 6.07) is 13.1. The second-order valence-corrected chi connectivity index (χ2v) is 6.04. The van der Waals surface area contributed by atoms with E-state index in [2.05, 4.69) is 35.0 Å². The van der Waals surface area contributed by atoms with Gasteiger partial charge in [-0.3, -0.25) is 15.1 Å². The van der Waals surface area contributed by atoms with E-state index in [0.717, 1.165) is 38.3 Å². The van der Waals surface area contributed by atoms with Gasteiger partial charge in [-0.1, -0.05) is 30.3 Å². The molecule has 0 radical (unpaired) electrons. The molecular weight excluding hydrogens is 260 g/mol. The summed E-state index contributed by atoms with van der Waals surface area (Å²) in [7, 11) is 1.88. The van der Waals surface area contributed by atoms with Gasteiger partial charge >= 0.3 is 0 Å². The SMILES string of the molecule is CNC(C#N)(CN1CCN(C(C)C)CC1)c1ccccc1. The summed E-state index contributed by atoms with van der Waals surface area (Å²) in [5, 5.41) is 13.0. The van der Waals surface area contributed by atoms with Gasteiger partial charge in [-0.15, -0.1) is 0 Å². The molecule has 21 heavy (non-hydrogen) atoms. The molecule has 1 unspecified atom stereocenters. The molecule has 1 N–H and O–H groups in total. The number of hydrogen-bond acceptors (Lipinski definition) is 4. The Morgan fingerprint density at radius 3 is 2.29 bits per heavy atom. The van der Waals surface area contributed by atoms with Crippen molar-refractivity contribution < 1.29 is 0 Å². The van der Waals surface area contributed by atoms with E-state index in [1.807, 2.05) is 37.4 Å². The Hall–Kier alpha value is -1.41. The van der Waals surface area contributed by atoms with Gasteiger partial charge in [0.1, 0.15) is 5.54 Å². The number of hydrogen-bond donors (Lipinski definition) is 1. The fraction of sp³-hybridized carbons (Fsp3) is 0.588. The maximum absolute atomic E-state index is 9.75. The van der Waals surface area contributed by atoms with Gasteiger partial charge in [0.15, 0.2) is 0 Å². The van der Waals surface area contributed by atoms with Crippen LogP contribution in [0.1, 0.15) is 19.4 Å². The summed E-state index contributed by atoms with van der Waals surface area (Å²) >= 11 is 0. The summed E-state index contributed by atoms with van der Waals surface area (Å²) in [6.45, 7) is 9.43. The molecule has 1 aromatic carbocycles. The third kappa shape index (κ3) is 3.62. The minimum atomic E-state index is -0.624. The second kappa shape index (κ2) is 7.04. The largest absolute Gasteiger partial charge is 0.298 e. The Morgan fingerprint density at radius 2 is 1.81 bits per heavy atom. The van der Waals surface area contributed by atoms with Crippen LogP contribution in [0.5, 0.6) is 0 Å². The second-order valence-electron chi connectivity index (χ2n) is 6.04. The van der Waals surface area contributed by atoms with E-state index < -0.39 is 5.54 Å². The van der Waals surface area contributed by atoms with Crippen LogP contribution in [0.15, 0.2) is 30.3 Å². The molecule has 0 spiro atoms. The van der Waals surface area contributed by atoms with Crippen molar-refractivity contribution in [1.29, 1.82) is 5.26 Å². The molecule has 1 atom stereocenters. The number of nitrogens with one attached hydrogen (secondary N) is 1. The molecule has 0 amide bonds. The lowest BCUT2D eigenvalue weighted by atomic mass is 9.90. The van der Waals surface area contributed by atoms with Gasteiger partial charge in [0, 0.05) is 38.8 Å². The van der Waals surface area contributed by atoms with Crippen LogP contribution < -0.4 is 5.32 Å². The topological polar surface area (TPSA) is 42.3 Å². The van der Waals surface area contributed by atoms with Crippen LogP contribution in [0, 0.1) is 11.3 Å². The predicted octanol–water partition coefficient (Wildman–Crippen LogP) is 1.65. The standard InChI is InChI=1S/C17H26N4/c1-15(2)21-11-9-20(10-12-21)14-17(13-18,19-3)16-7-5-4-6-8-16/h4-8,15,19H,9-12,14H2,1-3H3. The molecule has 2 rings (SSSR count). The minimum absolute atomic E-state index is 0.603. The monoisotopic (exact) mass is 286 g/mol. The zero-order chi connectivity index (χ0) is 15.3. The smallest absolute Gasteiger partial charge is 0.144 e. The van der Waals surface area contributed by atoms with Crippen molar-refractivity contribution in [1.82, 2.24) is 15.1 Å². The first-order chi connectivity index (χ1) is 10.1. The molecule has 1 aliphatic heterocycles. The lowest BCUT2D eigenvalue weighted by molar-refractivity contribution is 0.0936. The van der Waals surface area contributed by atoms with Crippen LogP contribution in [0.2, 0.25) is 0 Å². The maximum Gasteiger partial charge on any atom is 0.144 e. The molecule has 0 aliphatic carbocycles. The molecule has 0 bridgehead atoms. The van der Waals surface area contributed by atoms with Crippen LogP contribution in [-0.4, -0.2) is 55.6 Å². The first-order valence-electron chi connectivity index (χ1n) is 7.73. The molecule has 1 aromatic rings. The van der Waals surface area contributed by atoms with Crippen molar-refractivity contribution in [3.63, 3.8) is 0 Å². The quantitative estimate of drug-likeness (QED) is 0.894. The summed E-state index contributed by atoms with van der Waals surface area (Å²) in [5.41, 5.74) is 0.419. The van der Waals surface area contributed by atoms with Crippen molar-refractivity contribution in [2.75, 3.05) is 39.8 Å². The van der Waals surface area contributed by atoms with Gasteiger partial charge in [0.25, 0.3) is 0 Å². The molecule has 1 aliphatic rings. The normalized spacial score (nSPS) is 20.1. The zero-order valence-electron chi connectivity index (χ0n) is 13.3. The van der Waals surface area contributed by atoms with E-state index in [9.17, 15) is 5.26 Å². The van der Waals surface area contributed by atoms with Gasteiger partial charge in [-0.2, -0.15) is 5.26 Å². The van der Waals surface area contributed by atoms with Crippen molar-refractivity contribution in [2.24, 2.45) is 0 Å². The average Bonchev–Trinajstić information content (AvgIpc) is 2.54. The van der Waals surface area contributed by atoms with Crippen LogP contribution in [-0.2, 0) is 5.54 Å². The van der Waals surface area contributed by atoms with Gasteiger partial charge in [-0.05, 0) is 26.5 Å². The zero-order valence-corrected chi connectivity index (χ0v) is 13.3. The summed E-state index contributed by atoms with van der Waals surface area (Å²) < 4.78 is 0. The van der Waals surface area contributed by atoms with Gasteiger partial charge < -0.3 is 0 Å². The van der Waals surface area contributed by atoms with E-state index in [4.69, 9.17) is 0 Å². The summed E-state index contributed by atoms with van der Waals surface area (Å²) in [6.07, 6.45) is 0. The molecule has 1 saturated heterocycles. The molecule has 4 heteroatoms. The average molecular weight is 286 g/mol. The Balaban J connectivity index is 2.07. The first kappa shape index (κ1) is 16.0. The Labute approximate surface area is 128 Å². The fourth-order valence-corrected chi connectivity index (χ4v) is 2.97. The molecule has 1 heterocycles. The highest BCUT2D eigenvalue weighted by Crippen LogP contribution is 2.22. The minimum Gasteiger partial charge on any atom is -0.298 e. The Kier molecular flexibility index (Phi) is 5.35. The molecule has 4 nitrogen and oxygen atoms in total. The predicted molar refractivity (Wildman–Crippen MR) is 85.9 cm³/mol. The summed E-state index contributed by atoms with van der Waals surface area (Å²) in [5.74, 6) is 0. The lowest BCUT2D eigenvalue weighted by Gasteiger charge is -2.40. The number of benzene rings is 1. The molecular formula is C17H26N4. The van der Waals surface area contributed by atoms with Crippen LogP contribution >= 0.6 is 0 Å². The highest BCUT2D eigenvalue weighted by atomic mass is 15.3. The van der Waals surface area contributed by atoms with Gasteiger partial charge in [-0.25, -0.2) is 0 Å². The number of rotatable bonds is 5. The maximum atomic E-state index is 9.75. The van der Waals surface area contributed by atoms with E-state index in [0.29, 0.717) is 6.04 Å². The van der Waals surface area contributed by atoms with E-state index in [-0.39, 0.29) is 0 Å². The highest BCUT2D eigenvalue weighted by molar-refractivity contribution is 5.32. The Morgan fingerprint density at radius 1 is 1.19 bits per heavy atom. The van der Waals surface area contributed by atoms with E-state index in [1.165, 1.54) is 0 Å². The first-order valence-corrected chi connectivity index (χ1v) is 7.73. The third-order valence-electron chi connectivity index (χ3n) is 4.48. The number of likely N-dealkylation sites (N-methyl/N-ethyl adjacent to an activating group) is 1. The Bertz CT molecular complexity index is 471. The third-order valence-corrected chi connectivity index (χ3v) is 4.48. The fourth-order valence-electron chi connectivity index (χ4n) is 2.97. The van der Waals surface area contributed by atoms with Crippen molar-refractivity contribution in [2.45, 2.75) is 25.4 Å². The van der Waals surface area contributed by atoms with E-state index >= 15 is 0 Å².